The summed E-state index contributed by atoms with van der Waals surface area (Å²) in [4.78, 5) is 2.42. The van der Waals surface area contributed by atoms with Gasteiger partial charge in [0.05, 0.1) is 11.3 Å². The molecule has 0 unspecified atom stereocenters. The van der Waals surface area contributed by atoms with Crippen LogP contribution in [0.15, 0.2) is 59.1 Å². The Morgan fingerprint density at radius 1 is 0.893 bits per heavy atom. The van der Waals surface area contributed by atoms with Gasteiger partial charge < -0.3 is 4.90 Å². The van der Waals surface area contributed by atoms with E-state index in [0.717, 1.165) is 35.2 Å². The second-order valence-electron chi connectivity index (χ2n) is 7.67. The highest BCUT2D eigenvalue weighted by Crippen LogP contribution is 2.47. The number of nitriles is 1. The van der Waals surface area contributed by atoms with E-state index in [2.05, 4.69) is 81.5 Å². The topological polar surface area (TPSA) is 27.0 Å². The standard InChI is InChI=1S/C25H21BrN2/c26-19-10-8-17(9-11-19)21-15-24(28-12-4-1-5-13-28)23(16-27)22-14-18-6-2-3-7-20(18)25(21)22/h2-3,6-11,15H,1,4-5,12-14H2. The minimum Gasteiger partial charge on any atom is -0.370 e. The van der Waals surface area contributed by atoms with Gasteiger partial charge in [0.1, 0.15) is 6.07 Å². The van der Waals surface area contributed by atoms with Gasteiger partial charge in [0, 0.05) is 24.0 Å². The highest BCUT2D eigenvalue weighted by atomic mass is 79.9. The van der Waals surface area contributed by atoms with Gasteiger partial charge in [0.15, 0.2) is 0 Å². The molecule has 0 amide bonds. The maximum absolute atomic E-state index is 10.1. The van der Waals surface area contributed by atoms with Crippen molar-refractivity contribution in [3.05, 3.63) is 75.8 Å². The van der Waals surface area contributed by atoms with Gasteiger partial charge in [-0.2, -0.15) is 5.26 Å². The first-order valence-electron chi connectivity index (χ1n) is 9.95. The van der Waals surface area contributed by atoms with Crippen molar-refractivity contribution < 1.29 is 0 Å². The van der Waals surface area contributed by atoms with Crippen molar-refractivity contribution in [1.29, 1.82) is 5.26 Å². The number of anilines is 1. The number of fused-ring (bicyclic) bond motifs is 3. The summed E-state index contributed by atoms with van der Waals surface area (Å²) < 4.78 is 1.08. The second-order valence-corrected chi connectivity index (χ2v) is 8.59. The molecule has 1 heterocycles. The fourth-order valence-electron chi connectivity index (χ4n) is 4.68. The molecular formula is C25H21BrN2. The first kappa shape index (κ1) is 17.5. The maximum atomic E-state index is 10.1. The van der Waals surface area contributed by atoms with Crippen LogP contribution >= 0.6 is 15.9 Å². The molecule has 3 aromatic rings. The Morgan fingerprint density at radius 3 is 2.39 bits per heavy atom. The predicted molar refractivity (Wildman–Crippen MR) is 119 cm³/mol. The fraction of sp³-hybridized carbons (Fsp3) is 0.240. The number of nitrogens with zero attached hydrogens (tertiary/aromatic N) is 2. The Hall–Kier alpha value is -2.57. The SMILES string of the molecule is N#Cc1c(N2CCCCC2)cc(-c2ccc(Br)cc2)c2c1Cc1ccccc1-2. The molecule has 5 rings (SSSR count). The highest BCUT2D eigenvalue weighted by molar-refractivity contribution is 9.10. The number of piperidine rings is 1. The molecule has 28 heavy (non-hydrogen) atoms. The van der Waals surface area contributed by atoms with E-state index in [1.54, 1.807) is 0 Å². The molecule has 138 valence electrons. The smallest absolute Gasteiger partial charge is 0.102 e. The number of halogens is 1. The van der Waals surface area contributed by atoms with Gasteiger partial charge in [0.25, 0.3) is 0 Å². The third-order valence-electron chi connectivity index (χ3n) is 6.03. The lowest BCUT2D eigenvalue weighted by molar-refractivity contribution is 0.577. The van der Waals surface area contributed by atoms with Gasteiger partial charge in [-0.25, -0.2) is 0 Å². The molecule has 0 bridgehead atoms. The zero-order chi connectivity index (χ0) is 19.1. The van der Waals surface area contributed by atoms with Crippen molar-refractivity contribution in [2.45, 2.75) is 25.7 Å². The summed E-state index contributed by atoms with van der Waals surface area (Å²) in [6.45, 7) is 2.08. The Kier molecular flexibility index (Phi) is 4.45. The van der Waals surface area contributed by atoms with Crippen molar-refractivity contribution in [3.8, 4) is 28.3 Å². The van der Waals surface area contributed by atoms with E-state index < -0.39 is 0 Å². The quantitative estimate of drug-likeness (QED) is 0.361. The van der Waals surface area contributed by atoms with Crippen molar-refractivity contribution in [2.75, 3.05) is 18.0 Å². The molecule has 0 spiro atoms. The molecule has 0 aromatic heterocycles. The van der Waals surface area contributed by atoms with Crippen molar-refractivity contribution in [3.63, 3.8) is 0 Å². The minimum atomic E-state index is 0.847. The molecule has 0 saturated carbocycles. The first-order chi connectivity index (χ1) is 13.8. The van der Waals surface area contributed by atoms with Crippen LogP contribution in [0.25, 0.3) is 22.3 Å². The van der Waals surface area contributed by atoms with E-state index in [1.807, 2.05) is 0 Å². The van der Waals surface area contributed by atoms with E-state index >= 15 is 0 Å². The van der Waals surface area contributed by atoms with Crippen LogP contribution in [0.5, 0.6) is 0 Å². The largest absolute Gasteiger partial charge is 0.370 e. The molecule has 3 heteroatoms. The second kappa shape index (κ2) is 7.11. The monoisotopic (exact) mass is 428 g/mol. The molecule has 0 N–H and O–H groups in total. The lowest BCUT2D eigenvalue weighted by Gasteiger charge is -2.31. The van der Waals surface area contributed by atoms with E-state index in [0.29, 0.717) is 0 Å². The molecule has 2 nitrogen and oxygen atoms in total. The van der Waals surface area contributed by atoms with Gasteiger partial charge >= 0.3 is 0 Å². The van der Waals surface area contributed by atoms with Gasteiger partial charge in [-0.05, 0) is 70.8 Å². The molecule has 3 aromatic carbocycles. The number of hydrogen-bond acceptors (Lipinski definition) is 2. The van der Waals surface area contributed by atoms with E-state index in [9.17, 15) is 5.26 Å². The molecular weight excluding hydrogens is 408 g/mol. The summed E-state index contributed by atoms with van der Waals surface area (Å²) in [7, 11) is 0. The van der Waals surface area contributed by atoms with E-state index in [1.165, 1.54) is 52.6 Å². The fourth-order valence-corrected chi connectivity index (χ4v) is 4.95. The van der Waals surface area contributed by atoms with Crippen LogP contribution in [0.2, 0.25) is 0 Å². The van der Waals surface area contributed by atoms with Crippen LogP contribution in [0, 0.1) is 11.3 Å². The molecule has 1 aliphatic carbocycles. The van der Waals surface area contributed by atoms with Crippen LogP contribution in [-0.4, -0.2) is 13.1 Å². The zero-order valence-corrected chi connectivity index (χ0v) is 17.3. The zero-order valence-electron chi connectivity index (χ0n) is 15.7. The molecule has 1 fully saturated rings. The van der Waals surface area contributed by atoms with Gasteiger partial charge in [0.2, 0.25) is 0 Å². The van der Waals surface area contributed by atoms with Crippen LogP contribution in [-0.2, 0) is 6.42 Å². The predicted octanol–water partition coefficient (Wildman–Crippen LogP) is 6.55. The first-order valence-corrected chi connectivity index (χ1v) is 10.7. The summed E-state index contributed by atoms with van der Waals surface area (Å²) in [5.41, 5.74) is 9.48. The summed E-state index contributed by atoms with van der Waals surface area (Å²) in [5.74, 6) is 0. The lowest BCUT2D eigenvalue weighted by Crippen LogP contribution is -2.30. The Bertz CT molecular complexity index is 1090. The maximum Gasteiger partial charge on any atom is 0.102 e. The van der Waals surface area contributed by atoms with Gasteiger partial charge in [-0.3, -0.25) is 0 Å². The summed E-state index contributed by atoms with van der Waals surface area (Å²) in [5, 5.41) is 10.1. The molecule has 0 atom stereocenters. The van der Waals surface area contributed by atoms with Crippen molar-refractivity contribution in [1.82, 2.24) is 0 Å². The molecule has 2 aliphatic rings. The average molecular weight is 429 g/mol. The number of rotatable bonds is 2. The van der Waals surface area contributed by atoms with Crippen molar-refractivity contribution in [2.24, 2.45) is 0 Å². The molecule has 1 saturated heterocycles. The summed E-state index contributed by atoms with van der Waals surface area (Å²) in [6.07, 6.45) is 4.54. The number of benzene rings is 3. The van der Waals surface area contributed by atoms with Crippen molar-refractivity contribution >= 4 is 21.6 Å². The summed E-state index contributed by atoms with van der Waals surface area (Å²) >= 11 is 3.55. The van der Waals surface area contributed by atoms with Gasteiger partial charge in [-0.15, -0.1) is 0 Å². The highest BCUT2D eigenvalue weighted by Gasteiger charge is 2.28. The Labute approximate surface area is 174 Å². The third kappa shape index (κ3) is 2.84. The van der Waals surface area contributed by atoms with Crippen LogP contribution in [0.4, 0.5) is 5.69 Å². The van der Waals surface area contributed by atoms with E-state index in [-0.39, 0.29) is 0 Å². The molecule has 0 radical (unpaired) electrons. The van der Waals surface area contributed by atoms with Crippen LogP contribution in [0.3, 0.4) is 0 Å². The van der Waals surface area contributed by atoms with Crippen LogP contribution < -0.4 is 4.90 Å². The number of hydrogen-bond donors (Lipinski definition) is 0. The Balaban J connectivity index is 1.79. The normalized spacial score (nSPS) is 15.1. The third-order valence-corrected chi connectivity index (χ3v) is 6.56. The average Bonchev–Trinajstić information content (AvgIpc) is 3.13. The van der Waals surface area contributed by atoms with E-state index in [4.69, 9.17) is 0 Å². The van der Waals surface area contributed by atoms with Crippen LogP contribution in [0.1, 0.15) is 36.0 Å². The van der Waals surface area contributed by atoms with Gasteiger partial charge in [-0.1, -0.05) is 52.3 Å². The summed E-state index contributed by atoms with van der Waals surface area (Å²) in [6, 6.07) is 22.0. The molecule has 1 aliphatic heterocycles. The minimum absolute atomic E-state index is 0.847. The Morgan fingerprint density at radius 2 is 1.64 bits per heavy atom. The lowest BCUT2D eigenvalue weighted by atomic mass is 9.90.